The van der Waals surface area contributed by atoms with Gasteiger partial charge in [-0.1, -0.05) is 36.4 Å². The molecule has 0 saturated carbocycles. The molecule has 3 amide bonds. The van der Waals surface area contributed by atoms with E-state index >= 15 is 0 Å². The van der Waals surface area contributed by atoms with Crippen LogP contribution in [0.5, 0.6) is 0 Å². The molecule has 0 aliphatic carbocycles. The predicted molar refractivity (Wildman–Crippen MR) is 121 cm³/mol. The Labute approximate surface area is 186 Å². The number of rotatable bonds is 4. The van der Waals surface area contributed by atoms with Gasteiger partial charge in [0.05, 0.1) is 11.3 Å². The van der Waals surface area contributed by atoms with Gasteiger partial charge in [-0.15, -0.1) is 0 Å². The Kier molecular flexibility index (Phi) is 5.55. The molecule has 9 heteroatoms. The van der Waals surface area contributed by atoms with Crippen LogP contribution in [-0.2, 0) is 6.18 Å². The number of amides is 3. The van der Waals surface area contributed by atoms with Gasteiger partial charge in [0.1, 0.15) is 5.69 Å². The van der Waals surface area contributed by atoms with Crippen LogP contribution in [0.3, 0.4) is 0 Å². The van der Waals surface area contributed by atoms with Crippen LogP contribution in [0.4, 0.5) is 29.3 Å². The Morgan fingerprint density at radius 2 is 1.64 bits per heavy atom. The summed E-state index contributed by atoms with van der Waals surface area (Å²) in [6.07, 6.45) is -4.60. The number of hydrogen-bond acceptors (Lipinski definition) is 2. The highest BCUT2D eigenvalue weighted by atomic mass is 19.4. The van der Waals surface area contributed by atoms with Gasteiger partial charge in [-0.25, -0.2) is 4.79 Å². The van der Waals surface area contributed by atoms with Crippen LogP contribution in [0, 0.1) is 6.92 Å². The molecule has 168 valence electrons. The Morgan fingerprint density at radius 3 is 2.30 bits per heavy atom. The number of hydrogen-bond donors (Lipinski definition) is 4. The second-order valence-corrected chi connectivity index (χ2v) is 7.49. The van der Waals surface area contributed by atoms with E-state index in [1.54, 1.807) is 31.2 Å². The van der Waals surface area contributed by atoms with E-state index in [1.807, 2.05) is 24.3 Å². The second kappa shape index (κ2) is 8.34. The highest BCUT2D eigenvalue weighted by Crippen LogP contribution is 2.36. The number of alkyl halides is 3. The molecular weight excluding hydrogens is 433 g/mol. The first-order valence-electron chi connectivity index (χ1n) is 9.90. The van der Waals surface area contributed by atoms with E-state index in [0.717, 1.165) is 17.0 Å². The molecule has 3 aromatic carbocycles. The number of para-hydroxylation sites is 1. The quantitative estimate of drug-likeness (QED) is 0.310. The van der Waals surface area contributed by atoms with Crippen LogP contribution in [0.15, 0.2) is 66.7 Å². The Hall–Kier alpha value is -4.27. The number of nitrogens with two attached hydrogens (primary N) is 1. The Balaban J connectivity index is 1.57. The highest BCUT2D eigenvalue weighted by Gasteiger charge is 2.33. The first kappa shape index (κ1) is 21.9. The minimum absolute atomic E-state index is 0.258. The van der Waals surface area contributed by atoms with E-state index in [2.05, 4.69) is 15.6 Å². The zero-order valence-electron chi connectivity index (χ0n) is 17.4. The van der Waals surface area contributed by atoms with E-state index in [0.29, 0.717) is 22.4 Å². The second-order valence-electron chi connectivity index (χ2n) is 7.49. The molecule has 6 nitrogen and oxygen atoms in total. The van der Waals surface area contributed by atoms with Gasteiger partial charge >= 0.3 is 12.2 Å². The standard InChI is InChI=1S/C24H19F3N4O2/c1-13-6-11-17(24(25,26)27)19(12-13)31-23(33)29-15-9-7-14(8-10-15)20-16-4-2-3-5-18(16)30-21(20)22(28)32/h2-12,30H,1H3,(H2,28,32)(H2,29,31,33). The third-order valence-electron chi connectivity index (χ3n) is 5.11. The van der Waals surface area contributed by atoms with Gasteiger partial charge in [0.2, 0.25) is 0 Å². The van der Waals surface area contributed by atoms with Gasteiger partial charge in [-0.3, -0.25) is 4.79 Å². The summed E-state index contributed by atoms with van der Waals surface area (Å²) in [7, 11) is 0. The number of benzene rings is 3. The zero-order chi connectivity index (χ0) is 23.8. The highest BCUT2D eigenvalue weighted by molar-refractivity contribution is 6.09. The molecule has 5 N–H and O–H groups in total. The first-order valence-corrected chi connectivity index (χ1v) is 9.90. The summed E-state index contributed by atoms with van der Waals surface area (Å²) in [5.74, 6) is -0.610. The summed E-state index contributed by atoms with van der Waals surface area (Å²) >= 11 is 0. The third-order valence-corrected chi connectivity index (χ3v) is 5.11. The minimum Gasteiger partial charge on any atom is -0.364 e. The molecule has 4 aromatic rings. The molecular formula is C24H19F3N4O2. The fourth-order valence-electron chi connectivity index (χ4n) is 3.64. The lowest BCUT2D eigenvalue weighted by Crippen LogP contribution is -2.22. The van der Waals surface area contributed by atoms with Gasteiger partial charge in [0.15, 0.2) is 0 Å². The fraction of sp³-hybridized carbons (Fsp3) is 0.0833. The monoisotopic (exact) mass is 452 g/mol. The maximum absolute atomic E-state index is 13.2. The molecule has 0 atom stereocenters. The van der Waals surface area contributed by atoms with Crippen LogP contribution < -0.4 is 16.4 Å². The number of urea groups is 1. The van der Waals surface area contributed by atoms with Gasteiger partial charge in [-0.2, -0.15) is 13.2 Å². The number of aromatic nitrogens is 1. The number of carbonyl (C=O) groups is 2. The molecule has 0 radical (unpaired) electrons. The van der Waals surface area contributed by atoms with Crippen molar-refractivity contribution in [2.45, 2.75) is 13.1 Å². The number of aromatic amines is 1. The summed E-state index contributed by atoms with van der Waals surface area (Å²) in [4.78, 5) is 27.3. The van der Waals surface area contributed by atoms with Crippen molar-refractivity contribution in [1.82, 2.24) is 4.98 Å². The lowest BCUT2D eigenvalue weighted by Gasteiger charge is -2.15. The van der Waals surface area contributed by atoms with Crippen molar-refractivity contribution < 1.29 is 22.8 Å². The number of halogens is 3. The maximum atomic E-state index is 13.2. The number of aryl methyl sites for hydroxylation is 1. The van der Waals surface area contributed by atoms with Crippen molar-refractivity contribution in [3.8, 4) is 11.1 Å². The van der Waals surface area contributed by atoms with E-state index in [1.165, 1.54) is 12.1 Å². The first-order chi connectivity index (χ1) is 15.6. The summed E-state index contributed by atoms with van der Waals surface area (Å²) in [5.41, 5.74) is 7.52. The van der Waals surface area contributed by atoms with Crippen LogP contribution >= 0.6 is 0 Å². The summed E-state index contributed by atoms with van der Waals surface area (Å²) in [6.45, 7) is 1.63. The molecule has 0 saturated heterocycles. The summed E-state index contributed by atoms with van der Waals surface area (Å²) in [6, 6.07) is 16.6. The molecule has 0 spiro atoms. The van der Waals surface area contributed by atoms with Crippen molar-refractivity contribution in [2.24, 2.45) is 5.73 Å². The molecule has 0 aliphatic rings. The van der Waals surface area contributed by atoms with E-state index < -0.39 is 23.7 Å². The number of primary amides is 1. The molecule has 1 aromatic heterocycles. The fourth-order valence-corrected chi connectivity index (χ4v) is 3.64. The summed E-state index contributed by atoms with van der Waals surface area (Å²) < 4.78 is 39.7. The van der Waals surface area contributed by atoms with Gasteiger partial charge in [0, 0.05) is 22.2 Å². The van der Waals surface area contributed by atoms with Crippen molar-refractivity contribution in [3.63, 3.8) is 0 Å². The summed E-state index contributed by atoms with van der Waals surface area (Å²) in [5, 5.41) is 5.59. The molecule has 0 fully saturated rings. The lowest BCUT2D eigenvalue weighted by molar-refractivity contribution is -0.136. The molecule has 4 rings (SSSR count). The molecule has 0 aliphatic heterocycles. The molecule has 0 unspecified atom stereocenters. The van der Waals surface area contributed by atoms with Crippen molar-refractivity contribution in [2.75, 3.05) is 10.6 Å². The van der Waals surface area contributed by atoms with E-state index in [-0.39, 0.29) is 11.4 Å². The predicted octanol–water partition coefficient (Wildman–Crippen LogP) is 5.91. The van der Waals surface area contributed by atoms with E-state index in [9.17, 15) is 22.8 Å². The average Bonchev–Trinajstić information content (AvgIpc) is 3.13. The normalized spacial score (nSPS) is 11.4. The van der Waals surface area contributed by atoms with Crippen molar-refractivity contribution >= 4 is 34.2 Å². The smallest absolute Gasteiger partial charge is 0.364 e. The minimum atomic E-state index is -4.60. The average molecular weight is 452 g/mol. The number of anilines is 2. The van der Waals surface area contributed by atoms with Crippen molar-refractivity contribution in [3.05, 3.63) is 83.6 Å². The number of H-pyrrole nitrogens is 1. The van der Waals surface area contributed by atoms with E-state index in [4.69, 9.17) is 5.73 Å². The van der Waals surface area contributed by atoms with Crippen LogP contribution in [0.1, 0.15) is 21.6 Å². The molecule has 0 bridgehead atoms. The number of nitrogens with one attached hydrogen (secondary N) is 3. The SMILES string of the molecule is Cc1ccc(C(F)(F)F)c(NC(=O)Nc2ccc(-c3c(C(N)=O)[nH]c4ccccc34)cc2)c1. The molecule has 1 heterocycles. The Bertz CT molecular complexity index is 1360. The largest absolute Gasteiger partial charge is 0.418 e. The number of carbonyl (C=O) groups excluding carboxylic acids is 2. The van der Waals surface area contributed by atoms with Crippen LogP contribution in [0.25, 0.3) is 22.0 Å². The van der Waals surface area contributed by atoms with Gasteiger partial charge < -0.3 is 21.4 Å². The Morgan fingerprint density at radius 1 is 0.939 bits per heavy atom. The molecule has 33 heavy (non-hydrogen) atoms. The maximum Gasteiger partial charge on any atom is 0.418 e. The lowest BCUT2D eigenvalue weighted by atomic mass is 10.0. The topological polar surface area (TPSA) is 100 Å². The van der Waals surface area contributed by atoms with Gasteiger partial charge in [0.25, 0.3) is 5.91 Å². The van der Waals surface area contributed by atoms with Crippen LogP contribution in [-0.4, -0.2) is 16.9 Å². The van der Waals surface area contributed by atoms with Gasteiger partial charge in [-0.05, 0) is 48.4 Å². The number of fused-ring (bicyclic) bond motifs is 1. The third kappa shape index (κ3) is 4.52. The van der Waals surface area contributed by atoms with Crippen molar-refractivity contribution in [1.29, 1.82) is 0 Å². The zero-order valence-corrected chi connectivity index (χ0v) is 17.4. The van der Waals surface area contributed by atoms with Crippen LogP contribution in [0.2, 0.25) is 0 Å².